The monoisotopic (exact) mass is 777 g/mol. The number of benzene rings is 10. The number of para-hydroxylation sites is 6. The van der Waals surface area contributed by atoms with Crippen LogP contribution in [-0.4, -0.2) is 9.13 Å². The number of anilines is 3. The van der Waals surface area contributed by atoms with Crippen molar-refractivity contribution in [3.05, 3.63) is 237 Å². The molecule has 286 valence electrons. The molecule has 3 nitrogen and oxygen atoms in total. The molecule has 3 heteroatoms. The van der Waals surface area contributed by atoms with Gasteiger partial charge in [0.1, 0.15) is 0 Å². The van der Waals surface area contributed by atoms with Crippen LogP contribution in [0.3, 0.4) is 0 Å². The Kier molecular flexibility index (Phi) is 8.17. The average Bonchev–Trinajstić information content (AvgIpc) is 3.86. The van der Waals surface area contributed by atoms with Crippen LogP contribution in [0.4, 0.5) is 17.1 Å². The summed E-state index contributed by atoms with van der Waals surface area (Å²) in [5.41, 5.74) is 14.9. The van der Waals surface area contributed by atoms with E-state index >= 15 is 0 Å². The number of fused-ring (bicyclic) bond motifs is 8. The summed E-state index contributed by atoms with van der Waals surface area (Å²) < 4.78 is 4.88. The maximum atomic E-state index is 2.44. The second-order valence-corrected chi connectivity index (χ2v) is 15.7. The highest BCUT2D eigenvalue weighted by Crippen LogP contribution is 2.46. The number of nitrogens with zero attached hydrogens (tertiary/aromatic N) is 3. The fourth-order valence-electron chi connectivity index (χ4n) is 9.67. The average molecular weight is 778 g/mol. The van der Waals surface area contributed by atoms with Gasteiger partial charge in [-0.3, -0.25) is 0 Å². The Bertz CT molecular complexity index is 3530. The van der Waals surface area contributed by atoms with E-state index in [0.29, 0.717) is 0 Å². The summed E-state index contributed by atoms with van der Waals surface area (Å²) in [7, 11) is 0. The van der Waals surface area contributed by atoms with Gasteiger partial charge in [0, 0.05) is 55.5 Å². The molecule has 0 saturated heterocycles. The highest BCUT2D eigenvalue weighted by molar-refractivity contribution is 6.25. The van der Waals surface area contributed by atoms with Gasteiger partial charge in [0.2, 0.25) is 0 Å². The van der Waals surface area contributed by atoms with Crippen molar-refractivity contribution in [3.63, 3.8) is 0 Å². The summed E-state index contributed by atoms with van der Waals surface area (Å²) in [6, 6.07) is 86.0. The summed E-state index contributed by atoms with van der Waals surface area (Å²) in [5.74, 6) is 0. The molecule has 0 amide bonds. The van der Waals surface area contributed by atoms with Crippen molar-refractivity contribution in [1.82, 2.24) is 9.13 Å². The standard InChI is InChI=1S/C58H39N3/c1-5-20-43(21-6-1)59(44-22-7-2-8-23-44)47-38-41(37-42(39-47)50-31-17-32-52-51-29-15-16-33-53(51)61(58(50)52)46-26-11-4-12-27-46)49-30-18-34-54-57(49)56-48-28-14-13-19-40(48)35-36-55(56)60(54)45-24-9-3-10-25-45/h1-39H. The largest absolute Gasteiger partial charge is 0.310 e. The first-order valence-electron chi connectivity index (χ1n) is 20.9. The van der Waals surface area contributed by atoms with Crippen LogP contribution < -0.4 is 4.90 Å². The van der Waals surface area contributed by atoms with Gasteiger partial charge >= 0.3 is 0 Å². The van der Waals surface area contributed by atoms with Crippen molar-refractivity contribution in [2.45, 2.75) is 0 Å². The molecular formula is C58H39N3. The first-order chi connectivity index (χ1) is 30.3. The maximum absolute atomic E-state index is 2.44. The zero-order valence-electron chi connectivity index (χ0n) is 33.4. The van der Waals surface area contributed by atoms with Crippen molar-refractivity contribution < 1.29 is 0 Å². The van der Waals surface area contributed by atoms with Gasteiger partial charge in [0.25, 0.3) is 0 Å². The lowest BCUT2D eigenvalue weighted by Crippen LogP contribution is -2.10. The van der Waals surface area contributed by atoms with E-state index in [9.17, 15) is 0 Å². The minimum absolute atomic E-state index is 1.08. The Labute approximate surface area is 354 Å². The molecule has 10 aromatic carbocycles. The lowest BCUT2D eigenvalue weighted by Gasteiger charge is -2.27. The van der Waals surface area contributed by atoms with Crippen molar-refractivity contribution in [2.24, 2.45) is 0 Å². The van der Waals surface area contributed by atoms with Crippen molar-refractivity contribution in [2.75, 3.05) is 4.90 Å². The minimum atomic E-state index is 1.08. The molecule has 0 aliphatic rings. The molecule has 0 bridgehead atoms. The first kappa shape index (κ1) is 34.9. The number of hydrogen-bond acceptors (Lipinski definition) is 1. The van der Waals surface area contributed by atoms with Crippen LogP contribution in [0.25, 0.3) is 88.0 Å². The lowest BCUT2D eigenvalue weighted by molar-refractivity contribution is 1.18. The second kappa shape index (κ2) is 14.3. The quantitative estimate of drug-likeness (QED) is 0.157. The first-order valence-corrected chi connectivity index (χ1v) is 20.9. The third-order valence-corrected chi connectivity index (χ3v) is 12.2. The maximum Gasteiger partial charge on any atom is 0.0619 e. The van der Waals surface area contributed by atoms with E-state index in [1.54, 1.807) is 0 Å². The summed E-state index contributed by atoms with van der Waals surface area (Å²) in [5, 5.41) is 7.44. The topological polar surface area (TPSA) is 13.1 Å². The molecule has 61 heavy (non-hydrogen) atoms. The molecule has 0 unspecified atom stereocenters. The molecule has 0 radical (unpaired) electrons. The molecule has 0 aliphatic heterocycles. The van der Waals surface area contributed by atoms with Gasteiger partial charge in [-0.2, -0.15) is 0 Å². The Hall–Kier alpha value is -8.14. The molecule has 12 aromatic rings. The van der Waals surface area contributed by atoms with Crippen LogP contribution in [0.1, 0.15) is 0 Å². The van der Waals surface area contributed by atoms with E-state index in [0.717, 1.165) is 39.6 Å². The van der Waals surface area contributed by atoms with Gasteiger partial charge < -0.3 is 14.0 Å². The Balaban J connectivity index is 1.22. The highest BCUT2D eigenvalue weighted by atomic mass is 15.1. The van der Waals surface area contributed by atoms with Crippen molar-refractivity contribution in [3.8, 4) is 33.6 Å². The van der Waals surface area contributed by atoms with E-state index in [2.05, 4.69) is 251 Å². The van der Waals surface area contributed by atoms with Gasteiger partial charge in [0.05, 0.1) is 22.1 Å². The Morgan fingerprint density at radius 3 is 1.51 bits per heavy atom. The van der Waals surface area contributed by atoms with Crippen LogP contribution in [0.2, 0.25) is 0 Å². The van der Waals surface area contributed by atoms with Crippen LogP contribution in [0, 0.1) is 0 Å². The smallest absolute Gasteiger partial charge is 0.0619 e. The normalized spacial score (nSPS) is 11.6. The number of hydrogen-bond donors (Lipinski definition) is 0. The molecule has 0 atom stereocenters. The molecule has 2 aromatic heterocycles. The molecule has 0 N–H and O–H groups in total. The van der Waals surface area contributed by atoms with Gasteiger partial charge in [-0.05, 0) is 112 Å². The predicted octanol–water partition coefficient (Wildman–Crippen LogP) is 15.8. The van der Waals surface area contributed by atoms with E-state index in [1.807, 2.05) is 0 Å². The van der Waals surface area contributed by atoms with Crippen LogP contribution >= 0.6 is 0 Å². The highest BCUT2D eigenvalue weighted by Gasteiger charge is 2.23. The fourth-order valence-corrected chi connectivity index (χ4v) is 9.67. The van der Waals surface area contributed by atoms with Crippen LogP contribution in [0.15, 0.2) is 237 Å². The molecule has 12 rings (SSSR count). The fraction of sp³-hybridized carbons (Fsp3) is 0. The third-order valence-electron chi connectivity index (χ3n) is 12.2. The predicted molar refractivity (Wildman–Crippen MR) is 258 cm³/mol. The molecule has 0 aliphatic carbocycles. The van der Waals surface area contributed by atoms with Gasteiger partial charge in [-0.1, -0.05) is 152 Å². The van der Waals surface area contributed by atoms with Gasteiger partial charge in [0.15, 0.2) is 0 Å². The lowest BCUT2D eigenvalue weighted by atomic mass is 9.92. The molecular weight excluding hydrogens is 739 g/mol. The van der Waals surface area contributed by atoms with Crippen molar-refractivity contribution in [1.29, 1.82) is 0 Å². The van der Waals surface area contributed by atoms with E-state index in [-0.39, 0.29) is 0 Å². The zero-order chi connectivity index (χ0) is 40.3. The number of rotatable bonds is 7. The van der Waals surface area contributed by atoms with Gasteiger partial charge in [-0.25, -0.2) is 0 Å². The second-order valence-electron chi connectivity index (χ2n) is 15.7. The van der Waals surface area contributed by atoms with E-state index < -0.39 is 0 Å². The van der Waals surface area contributed by atoms with Crippen LogP contribution in [-0.2, 0) is 0 Å². The van der Waals surface area contributed by atoms with E-state index in [1.165, 1.54) is 65.5 Å². The Morgan fingerprint density at radius 1 is 0.295 bits per heavy atom. The van der Waals surface area contributed by atoms with Gasteiger partial charge in [-0.15, -0.1) is 0 Å². The SMILES string of the molecule is c1ccc(N(c2ccccc2)c2cc(-c3cccc4c3c3c5ccccc5ccc3n4-c3ccccc3)cc(-c3cccc4c5ccccc5n(-c5ccccc5)c34)c2)cc1. The summed E-state index contributed by atoms with van der Waals surface area (Å²) in [6.45, 7) is 0. The van der Waals surface area contributed by atoms with Crippen LogP contribution in [0.5, 0.6) is 0 Å². The molecule has 0 spiro atoms. The summed E-state index contributed by atoms with van der Waals surface area (Å²) in [6.07, 6.45) is 0. The third kappa shape index (κ3) is 5.66. The molecule has 2 heterocycles. The van der Waals surface area contributed by atoms with Crippen molar-refractivity contribution >= 4 is 71.4 Å². The summed E-state index contributed by atoms with van der Waals surface area (Å²) in [4.78, 5) is 2.39. The molecule has 0 fully saturated rings. The molecule has 0 saturated carbocycles. The zero-order valence-corrected chi connectivity index (χ0v) is 33.4. The van der Waals surface area contributed by atoms with E-state index in [4.69, 9.17) is 0 Å². The summed E-state index contributed by atoms with van der Waals surface area (Å²) >= 11 is 0. The minimum Gasteiger partial charge on any atom is -0.310 e. The number of aromatic nitrogens is 2. The Morgan fingerprint density at radius 2 is 0.803 bits per heavy atom.